The topological polar surface area (TPSA) is 66.9 Å². The highest BCUT2D eigenvalue weighted by atomic mass is 16.2. The summed E-state index contributed by atoms with van der Waals surface area (Å²) in [6.45, 7) is 5.64. The molecule has 1 heterocycles. The monoisotopic (exact) mass is 234 g/mol. The second-order valence-corrected chi connectivity index (χ2v) is 4.62. The first-order chi connectivity index (χ1) is 8.04. The van der Waals surface area contributed by atoms with Gasteiger partial charge < -0.3 is 10.6 Å². The molecule has 1 aromatic heterocycles. The van der Waals surface area contributed by atoms with Gasteiger partial charge in [0.25, 0.3) is 0 Å². The van der Waals surface area contributed by atoms with Gasteiger partial charge in [-0.3, -0.25) is 4.79 Å². The minimum atomic E-state index is -0.309. The van der Waals surface area contributed by atoms with Crippen LogP contribution in [0.3, 0.4) is 0 Å². The zero-order valence-electron chi connectivity index (χ0n) is 10.4. The van der Waals surface area contributed by atoms with Gasteiger partial charge in [0.2, 0.25) is 11.9 Å². The Labute approximate surface area is 101 Å². The van der Waals surface area contributed by atoms with Crippen molar-refractivity contribution < 1.29 is 4.79 Å². The van der Waals surface area contributed by atoms with Crippen molar-refractivity contribution in [3.63, 3.8) is 0 Å². The van der Waals surface area contributed by atoms with Crippen molar-refractivity contribution in [3.8, 4) is 0 Å². The van der Waals surface area contributed by atoms with Gasteiger partial charge in [-0.1, -0.05) is 0 Å². The number of carbonyl (C=O) groups is 1. The van der Waals surface area contributed by atoms with E-state index in [0.717, 1.165) is 24.2 Å². The Morgan fingerprint density at radius 1 is 1.35 bits per heavy atom. The predicted molar refractivity (Wildman–Crippen MR) is 65.8 cm³/mol. The molecule has 92 valence electrons. The zero-order chi connectivity index (χ0) is 12.4. The molecule has 2 N–H and O–H groups in total. The molecule has 0 aromatic carbocycles. The number of nitrogens with zero attached hydrogens (tertiary/aromatic N) is 2. The number of aromatic nitrogens is 2. The van der Waals surface area contributed by atoms with E-state index in [1.165, 1.54) is 0 Å². The number of nitrogens with one attached hydrogen (secondary N) is 2. The van der Waals surface area contributed by atoms with Gasteiger partial charge in [0.05, 0.1) is 0 Å². The van der Waals surface area contributed by atoms with E-state index in [0.29, 0.717) is 12.0 Å². The van der Waals surface area contributed by atoms with Gasteiger partial charge in [-0.25, -0.2) is 9.97 Å². The fourth-order valence-corrected chi connectivity index (χ4v) is 1.60. The third kappa shape index (κ3) is 3.41. The highest BCUT2D eigenvalue weighted by molar-refractivity contribution is 5.84. The van der Waals surface area contributed by atoms with Crippen LogP contribution in [-0.4, -0.2) is 28.0 Å². The summed E-state index contributed by atoms with van der Waals surface area (Å²) in [5, 5.41) is 5.97. The van der Waals surface area contributed by atoms with E-state index in [9.17, 15) is 4.79 Å². The molecule has 0 bridgehead atoms. The zero-order valence-corrected chi connectivity index (χ0v) is 10.4. The molecular weight excluding hydrogens is 216 g/mol. The largest absolute Gasteiger partial charge is 0.352 e. The molecule has 1 aliphatic carbocycles. The van der Waals surface area contributed by atoms with Gasteiger partial charge in [-0.15, -0.1) is 0 Å². The summed E-state index contributed by atoms with van der Waals surface area (Å²) < 4.78 is 0. The number of hydrogen-bond acceptors (Lipinski definition) is 4. The van der Waals surface area contributed by atoms with Gasteiger partial charge in [0.1, 0.15) is 6.04 Å². The van der Waals surface area contributed by atoms with Crippen LogP contribution in [0.4, 0.5) is 5.95 Å². The minimum absolute atomic E-state index is 0.00950. The van der Waals surface area contributed by atoms with E-state index in [-0.39, 0.29) is 11.9 Å². The van der Waals surface area contributed by atoms with Crippen LogP contribution >= 0.6 is 0 Å². The molecule has 0 radical (unpaired) electrons. The van der Waals surface area contributed by atoms with Crippen molar-refractivity contribution in [2.24, 2.45) is 0 Å². The fraction of sp³-hybridized carbons (Fsp3) is 0.583. The molecule has 1 atom stereocenters. The molecule has 1 unspecified atom stereocenters. The molecule has 2 rings (SSSR count). The van der Waals surface area contributed by atoms with Gasteiger partial charge in [-0.2, -0.15) is 0 Å². The summed E-state index contributed by atoms with van der Waals surface area (Å²) >= 11 is 0. The quantitative estimate of drug-likeness (QED) is 0.820. The average molecular weight is 234 g/mol. The van der Waals surface area contributed by atoms with Gasteiger partial charge in [0, 0.05) is 17.4 Å². The Bertz CT molecular complexity index is 408. The minimum Gasteiger partial charge on any atom is -0.352 e. The highest BCUT2D eigenvalue weighted by Crippen LogP contribution is 2.18. The molecule has 0 spiro atoms. The van der Waals surface area contributed by atoms with E-state index in [1.54, 1.807) is 0 Å². The van der Waals surface area contributed by atoms with Gasteiger partial charge in [0.15, 0.2) is 0 Å². The normalized spacial score (nSPS) is 16.4. The van der Waals surface area contributed by atoms with Crippen LogP contribution in [0.25, 0.3) is 0 Å². The molecule has 0 aliphatic heterocycles. The van der Waals surface area contributed by atoms with Crippen LogP contribution < -0.4 is 10.6 Å². The Balaban J connectivity index is 1.96. The van der Waals surface area contributed by atoms with Crippen LogP contribution in [-0.2, 0) is 4.79 Å². The molecule has 5 nitrogen and oxygen atoms in total. The van der Waals surface area contributed by atoms with Crippen LogP contribution in [0.15, 0.2) is 6.07 Å². The van der Waals surface area contributed by atoms with E-state index in [2.05, 4.69) is 20.6 Å². The summed E-state index contributed by atoms with van der Waals surface area (Å²) in [5.74, 6) is 0.524. The number of hydrogen-bond donors (Lipinski definition) is 2. The first-order valence-corrected chi connectivity index (χ1v) is 5.94. The second kappa shape index (κ2) is 4.69. The average Bonchev–Trinajstić information content (AvgIpc) is 2.99. The molecular formula is C12H18N4O. The molecule has 1 amide bonds. The number of aryl methyl sites for hydroxylation is 2. The third-order valence-electron chi connectivity index (χ3n) is 2.64. The highest BCUT2D eigenvalue weighted by Gasteiger charge is 2.25. The van der Waals surface area contributed by atoms with Gasteiger partial charge in [-0.05, 0) is 39.7 Å². The predicted octanol–water partition coefficient (Wildman–Crippen LogP) is 1.17. The van der Waals surface area contributed by atoms with Crippen LogP contribution in [0.5, 0.6) is 0 Å². The molecule has 17 heavy (non-hydrogen) atoms. The summed E-state index contributed by atoms with van der Waals surface area (Å²) in [6.07, 6.45) is 2.19. The summed E-state index contributed by atoms with van der Waals surface area (Å²) in [5.41, 5.74) is 1.80. The number of carbonyl (C=O) groups excluding carboxylic acids is 1. The van der Waals surface area contributed by atoms with Gasteiger partial charge >= 0.3 is 0 Å². The first-order valence-electron chi connectivity index (χ1n) is 5.94. The Hall–Kier alpha value is -1.65. The molecule has 1 aromatic rings. The van der Waals surface area contributed by atoms with Crippen molar-refractivity contribution in [2.45, 2.75) is 45.7 Å². The van der Waals surface area contributed by atoms with Crippen molar-refractivity contribution in [1.82, 2.24) is 15.3 Å². The number of amides is 1. The van der Waals surface area contributed by atoms with Crippen molar-refractivity contribution in [2.75, 3.05) is 5.32 Å². The van der Waals surface area contributed by atoms with E-state index in [4.69, 9.17) is 0 Å². The third-order valence-corrected chi connectivity index (χ3v) is 2.64. The number of anilines is 1. The maximum Gasteiger partial charge on any atom is 0.242 e. The fourth-order valence-electron chi connectivity index (χ4n) is 1.60. The van der Waals surface area contributed by atoms with E-state index in [1.807, 2.05) is 26.8 Å². The Morgan fingerprint density at radius 2 is 1.94 bits per heavy atom. The van der Waals surface area contributed by atoms with Crippen LogP contribution in [0.2, 0.25) is 0 Å². The van der Waals surface area contributed by atoms with Crippen molar-refractivity contribution >= 4 is 11.9 Å². The lowest BCUT2D eigenvalue weighted by Crippen LogP contribution is -2.39. The van der Waals surface area contributed by atoms with E-state index < -0.39 is 0 Å². The summed E-state index contributed by atoms with van der Waals surface area (Å²) in [6, 6.07) is 1.98. The smallest absolute Gasteiger partial charge is 0.242 e. The molecule has 0 saturated heterocycles. The standard InChI is InChI=1S/C12H18N4O/c1-7-6-8(2)14-12(13-7)15-9(3)11(17)16-10-4-5-10/h6,9-10H,4-5H2,1-3H3,(H,16,17)(H,13,14,15). The molecule has 1 fully saturated rings. The Morgan fingerprint density at radius 3 is 2.47 bits per heavy atom. The van der Waals surface area contributed by atoms with Crippen molar-refractivity contribution in [1.29, 1.82) is 0 Å². The van der Waals surface area contributed by atoms with Crippen molar-refractivity contribution in [3.05, 3.63) is 17.5 Å². The molecule has 1 aliphatic rings. The maximum atomic E-state index is 11.7. The molecule has 1 saturated carbocycles. The SMILES string of the molecule is Cc1cc(C)nc(NC(C)C(=O)NC2CC2)n1. The van der Waals surface area contributed by atoms with Crippen LogP contribution in [0, 0.1) is 13.8 Å². The van der Waals surface area contributed by atoms with E-state index >= 15 is 0 Å². The summed E-state index contributed by atoms with van der Waals surface area (Å²) in [7, 11) is 0. The first kappa shape index (κ1) is 11.8. The summed E-state index contributed by atoms with van der Waals surface area (Å²) in [4.78, 5) is 20.2. The second-order valence-electron chi connectivity index (χ2n) is 4.62. The Kier molecular flexibility index (Phi) is 3.26. The number of rotatable bonds is 4. The van der Waals surface area contributed by atoms with Crippen LogP contribution in [0.1, 0.15) is 31.2 Å². The maximum absolute atomic E-state index is 11.7. The lowest BCUT2D eigenvalue weighted by molar-refractivity contribution is -0.121. The molecule has 5 heteroatoms. The lowest BCUT2D eigenvalue weighted by atomic mass is 10.3. The lowest BCUT2D eigenvalue weighted by Gasteiger charge is -2.14.